The number of halogens is 1. The first kappa shape index (κ1) is 22.1. The maximum Gasteiger partial charge on any atom is 0.254 e. The molecule has 1 aliphatic heterocycles. The average molecular weight is 493 g/mol. The van der Waals surface area contributed by atoms with E-state index < -0.39 is 0 Å². The van der Waals surface area contributed by atoms with Gasteiger partial charge in [0.1, 0.15) is 12.4 Å². The lowest BCUT2D eigenvalue weighted by Crippen LogP contribution is -2.32. The highest BCUT2D eigenvalue weighted by Gasteiger charge is 2.22. The maximum absolute atomic E-state index is 13.0. The maximum atomic E-state index is 13.0. The molecule has 0 aromatic heterocycles. The molecule has 0 N–H and O–H groups in total. The van der Waals surface area contributed by atoms with Crippen LogP contribution in [0.5, 0.6) is 5.75 Å². The lowest BCUT2D eigenvalue weighted by Gasteiger charge is -2.23. The Morgan fingerprint density at radius 3 is 2.44 bits per heavy atom. The number of ether oxygens (including phenoxy) is 1. The van der Waals surface area contributed by atoms with Crippen molar-refractivity contribution < 1.29 is 14.3 Å². The fourth-order valence-corrected chi connectivity index (χ4v) is 4.05. The molecule has 0 atom stereocenters. The van der Waals surface area contributed by atoms with Gasteiger partial charge >= 0.3 is 0 Å². The minimum atomic E-state index is -0.0237. The van der Waals surface area contributed by atoms with Crippen LogP contribution in [0.25, 0.3) is 0 Å². The molecule has 1 aliphatic rings. The molecule has 0 aliphatic carbocycles. The van der Waals surface area contributed by atoms with Gasteiger partial charge < -0.3 is 14.5 Å². The van der Waals surface area contributed by atoms with E-state index in [0.717, 1.165) is 32.6 Å². The zero-order valence-corrected chi connectivity index (χ0v) is 19.8. The molecule has 1 heterocycles. The van der Waals surface area contributed by atoms with Gasteiger partial charge in [-0.25, -0.2) is 0 Å². The first-order valence-corrected chi connectivity index (χ1v) is 11.3. The highest BCUT2D eigenvalue weighted by atomic mass is 79.9. The Labute approximate surface area is 196 Å². The molecule has 32 heavy (non-hydrogen) atoms. The highest BCUT2D eigenvalue weighted by Crippen LogP contribution is 2.27. The van der Waals surface area contributed by atoms with Gasteiger partial charge in [0.25, 0.3) is 5.91 Å². The van der Waals surface area contributed by atoms with Crippen LogP contribution in [-0.4, -0.2) is 29.9 Å². The summed E-state index contributed by atoms with van der Waals surface area (Å²) in [6.45, 7) is 5.47. The SMILES string of the molecule is CC(=O)N(Cc1ccc2c(c1)CN(C(=O)c1ccc(Br)cc1)CCO2)c1ccc(C)cc1. The molecule has 0 saturated heterocycles. The van der Waals surface area contributed by atoms with E-state index in [1.54, 1.807) is 11.8 Å². The lowest BCUT2D eigenvalue weighted by atomic mass is 10.1. The van der Waals surface area contributed by atoms with E-state index in [1.807, 2.05) is 78.6 Å². The van der Waals surface area contributed by atoms with Gasteiger partial charge in [-0.1, -0.05) is 39.7 Å². The van der Waals surface area contributed by atoms with Crippen molar-refractivity contribution in [1.82, 2.24) is 4.90 Å². The van der Waals surface area contributed by atoms with Crippen molar-refractivity contribution in [2.24, 2.45) is 0 Å². The van der Waals surface area contributed by atoms with Crippen LogP contribution in [0, 0.1) is 6.92 Å². The monoisotopic (exact) mass is 492 g/mol. The van der Waals surface area contributed by atoms with Crippen LogP contribution in [0.4, 0.5) is 5.69 Å². The molecule has 0 bridgehead atoms. The van der Waals surface area contributed by atoms with Crippen molar-refractivity contribution in [2.45, 2.75) is 26.9 Å². The summed E-state index contributed by atoms with van der Waals surface area (Å²) < 4.78 is 6.84. The van der Waals surface area contributed by atoms with Crippen LogP contribution in [0.1, 0.15) is 34.0 Å². The highest BCUT2D eigenvalue weighted by molar-refractivity contribution is 9.10. The second-order valence-corrected chi connectivity index (χ2v) is 8.88. The number of carbonyl (C=O) groups excluding carboxylic acids is 2. The third-order valence-electron chi connectivity index (χ3n) is 5.55. The van der Waals surface area contributed by atoms with Gasteiger partial charge in [-0.2, -0.15) is 0 Å². The number of hydrogen-bond donors (Lipinski definition) is 0. The summed E-state index contributed by atoms with van der Waals surface area (Å²) >= 11 is 3.41. The first-order valence-electron chi connectivity index (χ1n) is 10.5. The summed E-state index contributed by atoms with van der Waals surface area (Å²) in [7, 11) is 0. The summed E-state index contributed by atoms with van der Waals surface area (Å²) in [5.74, 6) is 0.737. The van der Waals surface area contributed by atoms with Gasteiger partial charge in [-0.15, -0.1) is 0 Å². The van der Waals surface area contributed by atoms with E-state index in [0.29, 0.717) is 31.8 Å². The Bertz CT molecular complexity index is 1130. The number of hydrogen-bond acceptors (Lipinski definition) is 3. The fraction of sp³-hybridized carbons (Fsp3) is 0.231. The second kappa shape index (κ2) is 9.57. The van der Waals surface area contributed by atoms with E-state index in [1.165, 1.54) is 0 Å². The third kappa shape index (κ3) is 5.02. The van der Waals surface area contributed by atoms with E-state index in [4.69, 9.17) is 4.74 Å². The molecule has 3 aromatic carbocycles. The molecule has 6 heteroatoms. The van der Waals surface area contributed by atoms with Crippen LogP contribution in [0.2, 0.25) is 0 Å². The van der Waals surface area contributed by atoms with Crippen molar-refractivity contribution in [2.75, 3.05) is 18.1 Å². The topological polar surface area (TPSA) is 49.9 Å². The predicted molar refractivity (Wildman–Crippen MR) is 129 cm³/mol. The Balaban J connectivity index is 1.56. The summed E-state index contributed by atoms with van der Waals surface area (Å²) in [5, 5.41) is 0. The van der Waals surface area contributed by atoms with Crippen molar-refractivity contribution in [1.29, 1.82) is 0 Å². The van der Waals surface area contributed by atoms with Gasteiger partial charge in [0.2, 0.25) is 5.91 Å². The molecule has 0 radical (unpaired) electrons. The predicted octanol–water partition coefficient (Wildman–Crippen LogP) is 5.35. The van der Waals surface area contributed by atoms with Crippen molar-refractivity contribution in [3.8, 4) is 5.75 Å². The first-order chi connectivity index (χ1) is 15.4. The largest absolute Gasteiger partial charge is 0.491 e. The van der Waals surface area contributed by atoms with Crippen molar-refractivity contribution >= 4 is 33.4 Å². The fourth-order valence-electron chi connectivity index (χ4n) is 3.79. The van der Waals surface area contributed by atoms with Crippen LogP contribution in [-0.2, 0) is 17.9 Å². The zero-order chi connectivity index (χ0) is 22.7. The molecule has 0 saturated carbocycles. The number of nitrogens with zero attached hydrogens (tertiary/aromatic N) is 2. The number of fused-ring (bicyclic) bond motifs is 1. The van der Waals surface area contributed by atoms with Gasteiger partial charge in [0.05, 0.1) is 13.1 Å². The molecule has 3 aromatic rings. The molecular weight excluding hydrogens is 468 g/mol. The quantitative estimate of drug-likeness (QED) is 0.493. The number of amides is 2. The third-order valence-corrected chi connectivity index (χ3v) is 6.08. The molecule has 0 fully saturated rings. The van der Waals surface area contributed by atoms with Gasteiger partial charge in [0, 0.05) is 34.8 Å². The molecule has 4 rings (SSSR count). The summed E-state index contributed by atoms with van der Waals surface area (Å²) in [5.41, 5.74) is 4.59. The smallest absolute Gasteiger partial charge is 0.254 e. The Morgan fingerprint density at radius 2 is 1.75 bits per heavy atom. The lowest BCUT2D eigenvalue weighted by molar-refractivity contribution is -0.116. The number of rotatable bonds is 4. The minimum absolute atomic E-state index is 0.0212. The van der Waals surface area contributed by atoms with E-state index in [9.17, 15) is 9.59 Å². The van der Waals surface area contributed by atoms with Crippen molar-refractivity contribution in [3.05, 3.63) is 93.5 Å². The molecule has 0 unspecified atom stereocenters. The normalized spacial score (nSPS) is 13.0. The van der Waals surface area contributed by atoms with Crippen LogP contribution in [0.15, 0.2) is 71.2 Å². The Hall–Kier alpha value is -3.12. The molecule has 0 spiro atoms. The summed E-state index contributed by atoms with van der Waals surface area (Å²) in [6.07, 6.45) is 0. The van der Waals surface area contributed by atoms with Gasteiger partial charge in [-0.3, -0.25) is 9.59 Å². The minimum Gasteiger partial charge on any atom is -0.491 e. The Kier molecular flexibility index (Phi) is 6.61. The number of benzene rings is 3. The van der Waals surface area contributed by atoms with E-state index >= 15 is 0 Å². The molecule has 2 amide bonds. The van der Waals surface area contributed by atoms with Crippen LogP contribution >= 0.6 is 15.9 Å². The number of anilines is 1. The van der Waals surface area contributed by atoms with E-state index in [2.05, 4.69) is 15.9 Å². The van der Waals surface area contributed by atoms with Crippen molar-refractivity contribution in [3.63, 3.8) is 0 Å². The van der Waals surface area contributed by atoms with Crippen LogP contribution in [0.3, 0.4) is 0 Å². The zero-order valence-electron chi connectivity index (χ0n) is 18.2. The molecule has 5 nitrogen and oxygen atoms in total. The average Bonchev–Trinajstić information content (AvgIpc) is 3.00. The number of carbonyl (C=O) groups is 2. The summed E-state index contributed by atoms with van der Waals surface area (Å²) in [4.78, 5) is 28.9. The standard InChI is InChI=1S/C26H25BrN2O3/c1-18-3-10-24(11-4-18)29(19(2)30)16-20-5-12-25-22(15-20)17-28(13-14-32-25)26(31)21-6-8-23(27)9-7-21/h3-12,15H,13-14,16-17H2,1-2H3. The van der Waals surface area contributed by atoms with Gasteiger partial charge in [0.15, 0.2) is 0 Å². The summed E-state index contributed by atoms with van der Waals surface area (Å²) in [6, 6.07) is 21.3. The molecule has 164 valence electrons. The number of aryl methyl sites for hydroxylation is 1. The van der Waals surface area contributed by atoms with Gasteiger partial charge in [-0.05, 0) is 61.0 Å². The van der Waals surface area contributed by atoms with E-state index in [-0.39, 0.29) is 11.8 Å². The second-order valence-electron chi connectivity index (χ2n) is 7.96. The molecular formula is C26H25BrN2O3. The van der Waals surface area contributed by atoms with Crippen LogP contribution < -0.4 is 9.64 Å². The Morgan fingerprint density at radius 1 is 1.03 bits per heavy atom.